The van der Waals surface area contributed by atoms with Gasteiger partial charge in [0.1, 0.15) is 17.3 Å². The Balaban J connectivity index is 1.41. The summed E-state index contributed by atoms with van der Waals surface area (Å²) in [5.74, 6) is -0.0772. The summed E-state index contributed by atoms with van der Waals surface area (Å²) in [6, 6.07) is 7.43. The summed E-state index contributed by atoms with van der Waals surface area (Å²) in [7, 11) is 1.74. The van der Waals surface area contributed by atoms with Gasteiger partial charge in [-0.25, -0.2) is 9.97 Å². The number of rotatable bonds is 8. The lowest BCUT2D eigenvalue weighted by Crippen LogP contribution is -2.50. The maximum absolute atomic E-state index is 14.0. The van der Waals surface area contributed by atoms with E-state index in [0.29, 0.717) is 29.9 Å². The van der Waals surface area contributed by atoms with Crippen LogP contribution in [0.15, 0.2) is 30.6 Å². The molecular formula is C26H30F3N7O2. The van der Waals surface area contributed by atoms with Crippen LogP contribution in [-0.2, 0) is 18.0 Å². The number of halogens is 3. The molecule has 3 heterocycles. The van der Waals surface area contributed by atoms with E-state index in [2.05, 4.69) is 20.2 Å². The van der Waals surface area contributed by atoms with Crippen LogP contribution in [0.5, 0.6) is 5.75 Å². The number of amides is 1. The van der Waals surface area contributed by atoms with Gasteiger partial charge in [-0.2, -0.15) is 18.4 Å². The predicted octanol–water partition coefficient (Wildman–Crippen LogP) is 3.43. The van der Waals surface area contributed by atoms with Gasteiger partial charge < -0.3 is 20.4 Å². The summed E-state index contributed by atoms with van der Waals surface area (Å²) in [5.41, 5.74) is 6.56. The van der Waals surface area contributed by atoms with Crippen LogP contribution in [0.1, 0.15) is 37.4 Å². The molecule has 0 aliphatic carbocycles. The van der Waals surface area contributed by atoms with Gasteiger partial charge in [-0.3, -0.25) is 9.69 Å². The first-order valence-electron chi connectivity index (χ1n) is 12.4. The number of alkyl halides is 3. The molecule has 1 unspecified atom stereocenters. The first-order valence-corrected chi connectivity index (χ1v) is 12.4. The number of nitrogens with zero attached hydrogens (tertiary/aromatic N) is 5. The zero-order chi connectivity index (χ0) is 27.4. The maximum atomic E-state index is 14.0. The minimum atomic E-state index is -4.63. The van der Waals surface area contributed by atoms with Crippen molar-refractivity contribution in [2.75, 3.05) is 26.2 Å². The minimum absolute atomic E-state index is 0.0510. The smallest absolute Gasteiger partial charge is 0.419 e. The van der Waals surface area contributed by atoms with Crippen molar-refractivity contribution in [2.24, 2.45) is 18.7 Å². The van der Waals surface area contributed by atoms with Crippen LogP contribution in [-0.4, -0.2) is 57.7 Å². The molecule has 1 atom stereocenters. The number of aromatic nitrogens is 3. The summed E-state index contributed by atoms with van der Waals surface area (Å²) in [5, 5.41) is 12.1. The maximum Gasteiger partial charge on any atom is 0.419 e. The van der Waals surface area contributed by atoms with Gasteiger partial charge in [0.2, 0.25) is 5.91 Å². The van der Waals surface area contributed by atoms with Crippen molar-refractivity contribution in [3.63, 3.8) is 0 Å². The highest BCUT2D eigenvalue weighted by atomic mass is 19.4. The van der Waals surface area contributed by atoms with Crippen LogP contribution in [0.3, 0.4) is 0 Å². The quantitative estimate of drug-likeness (QED) is 0.429. The van der Waals surface area contributed by atoms with Gasteiger partial charge in [0.15, 0.2) is 5.69 Å². The summed E-state index contributed by atoms with van der Waals surface area (Å²) in [6.45, 7) is 3.75. The minimum Gasteiger partial charge on any atom is -0.493 e. The third-order valence-electron chi connectivity index (χ3n) is 6.73. The lowest BCUT2D eigenvalue weighted by molar-refractivity contribution is -0.139. The van der Waals surface area contributed by atoms with E-state index >= 15 is 0 Å². The summed E-state index contributed by atoms with van der Waals surface area (Å²) in [6.07, 6.45) is -1.13. The number of pyridine rings is 1. The second-order valence-corrected chi connectivity index (χ2v) is 9.59. The number of likely N-dealkylation sites (tertiary alicyclic amines) is 1. The van der Waals surface area contributed by atoms with Crippen LogP contribution >= 0.6 is 0 Å². The molecule has 1 saturated heterocycles. The summed E-state index contributed by atoms with van der Waals surface area (Å²) >= 11 is 0. The zero-order valence-corrected chi connectivity index (χ0v) is 21.3. The van der Waals surface area contributed by atoms with E-state index in [0.717, 1.165) is 32.0 Å². The molecular weight excluding hydrogens is 499 g/mol. The highest BCUT2D eigenvalue weighted by molar-refractivity contribution is 5.84. The normalized spacial score (nSPS) is 15.8. The molecule has 0 spiro atoms. The molecule has 1 aliphatic rings. The second-order valence-electron chi connectivity index (χ2n) is 9.59. The number of nitrogens with one attached hydrogen (secondary N) is 1. The number of imidazole rings is 1. The molecule has 4 rings (SSSR count). The molecule has 9 nitrogen and oxygen atoms in total. The summed E-state index contributed by atoms with van der Waals surface area (Å²) < 4.78 is 49.2. The van der Waals surface area contributed by atoms with Crippen LogP contribution in [0, 0.1) is 17.2 Å². The predicted molar refractivity (Wildman–Crippen MR) is 135 cm³/mol. The number of nitrogens with two attached hydrogens (primary N) is 1. The van der Waals surface area contributed by atoms with E-state index in [9.17, 15) is 23.2 Å². The number of carbonyl (C=O) groups excluding carboxylic acids is 1. The Bertz CT molecular complexity index is 1340. The Morgan fingerprint density at radius 3 is 2.71 bits per heavy atom. The van der Waals surface area contributed by atoms with E-state index in [4.69, 9.17) is 10.5 Å². The number of nitriles is 1. The zero-order valence-electron chi connectivity index (χ0n) is 21.3. The first-order chi connectivity index (χ1) is 18.0. The van der Waals surface area contributed by atoms with Gasteiger partial charge in [0, 0.05) is 26.1 Å². The van der Waals surface area contributed by atoms with Gasteiger partial charge >= 0.3 is 6.18 Å². The van der Waals surface area contributed by atoms with Crippen molar-refractivity contribution < 1.29 is 22.7 Å². The Morgan fingerprint density at radius 2 is 2.05 bits per heavy atom. The average Bonchev–Trinajstić information content (AvgIpc) is 3.24. The number of carbonyl (C=O) groups is 1. The number of hydrogen-bond donors (Lipinski definition) is 2. The monoisotopic (exact) mass is 529 g/mol. The number of ether oxygens (including phenoxy) is 1. The Hall–Kier alpha value is -3.69. The fourth-order valence-electron chi connectivity index (χ4n) is 4.77. The molecule has 1 amide bonds. The molecule has 0 saturated carbocycles. The fourth-order valence-corrected chi connectivity index (χ4v) is 4.77. The van der Waals surface area contributed by atoms with Gasteiger partial charge in [-0.05, 0) is 62.5 Å². The van der Waals surface area contributed by atoms with E-state index in [1.54, 1.807) is 17.7 Å². The summed E-state index contributed by atoms with van der Waals surface area (Å²) in [4.78, 5) is 21.7. The van der Waals surface area contributed by atoms with E-state index in [1.807, 2.05) is 6.07 Å². The fraction of sp³-hybridized carbons (Fsp3) is 0.462. The largest absolute Gasteiger partial charge is 0.493 e. The molecule has 0 radical (unpaired) electrons. The standard InChI is InChI=1S/C26H30F3N7O2/c1-16(37)33-24(31)14-36-8-5-17(6-9-36)7-10-38-23-4-3-18(11-19(23)26(27,28)29)20-12-22-25(21(13-30)34-20)32-15-35(22)2/h3-4,11-12,15,17,24H,5-10,14,31H2,1-2H3,(H,33,37). The van der Waals surface area contributed by atoms with Crippen LogP contribution < -0.4 is 15.8 Å². The van der Waals surface area contributed by atoms with Gasteiger partial charge in [0.25, 0.3) is 0 Å². The van der Waals surface area contributed by atoms with Crippen molar-refractivity contribution in [1.29, 1.82) is 5.26 Å². The van der Waals surface area contributed by atoms with Crippen LogP contribution in [0.25, 0.3) is 22.3 Å². The average molecular weight is 530 g/mol. The van der Waals surface area contributed by atoms with Crippen molar-refractivity contribution in [3.05, 3.63) is 41.9 Å². The molecule has 38 heavy (non-hydrogen) atoms. The first kappa shape index (κ1) is 27.3. The van der Waals surface area contributed by atoms with Crippen molar-refractivity contribution in [3.8, 4) is 23.1 Å². The lowest BCUT2D eigenvalue weighted by Gasteiger charge is -2.33. The van der Waals surface area contributed by atoms with Crippen molar-refractivity contribution in [1.82, 2.24) is 24.8 Å². The van der Waals surface area contributed by atoms with E-state index < -0.39 is 17.9 Å². The number of hydrogen-bond acceptors (Lipinski definition) is 7. The van der Waals surface area contributed by atoms with Crippen molar-refractivity contribution in [2.45, 2.75) is 38.5 Å². The molecule has 202 valence electrons. The van der Waals surface area contributed by atoms with E-state index in [1.165, 1.54) is 25.4 Å². The highest BCUT2D eigenvalue weighted by Crippen LogP contribution is 2.39. The van der Waals surface area contributed by atoms with Crippen LogP contribution in [0.4, 0.5) is 13.2 Å². The molecule has 3 aromatic rings. The van der Waals surface area contributed by atoms with Crippen LogP contribution in [0.2, 0.25) is 0 Å². The molecule has 1 aliphatic heterocycles. The Kier molecular flexibility index (Phi) is 8.18. The van der Waals surface area contributed by atoms with E-state index in [-0.39, 0.29) is 35.2 Å². The van der Waals surface area contributed by atoms with Gasteiger partial charge in [-0.15, -0.1) is 0 Å². The molecule has 0 bridgehead atoms. The lowest BCUT2D eigenvalue weighted by atomic mass is 9.94. The molecule has 3 N–H and O–H groups in total. The molecule has 1 aromatic carbocycles. The molecule has 2 aromatic heterocycles. The van der Waals surface area contributed by atoms with Gasteiger partial charge in [-0.1, -0.05) is 0 Å². The molecule has 12 heteroatoms. The SMILES string of the molecule is CC(=O)NC(N)CN1CCC(CCOc2ccc(-c3cc4c(ncn4C)c(C#N)n3)cc2C(F)(F)F)CC1. The molecule has 1 fully saturated rings. The third kappa shape index (κ3) is 6.41. The Morgan fingerprint density at radius 1 is 1.32 bits per heavy atom. The number of benzene rings is 1. The number of piperidine rings is 1. The number of aryl methyl sites for hydroxylation is 1. The Labute approximate surface area is 218 Å². The second kappa shape index (κ2) is 11.4. The number of fused-ring (bicyclic) bond motifs is 1. The van der Waals surface area contributed by atoms with Gasteiger partial charge in [0.05, 0.1) is 35.9 Å². The topological polar surface area (TPSA) is 122 Å². The highest BCUT2D eigenvalue weighted by Gasteiger charge is 2.35. The van der Waals surface area contributed by atoms with Crippen molar-refractivity contribution >= 4 is 16.9 Å². The third-order valence-corrected chi connectivity index (χ3v) is 6.73.